The van der Waals surface area contributed by atoms with Crippen molar-refractivity contribution in [2.45, 2.75) is 24.1 Å². The van der Waals surface area contributed by atoms with E-state index in [2.05, 4.69) is 11.9 Å². The molecule has 0 aliphatic carbocycles. The van der Waals surface area contributed by atoms with Gasteiger partial charge in [0.15, 0.2) is 0 Å². The summed E-state index contributed by atoms with van der Waals surface area (Å²) in [7, 11) is 0. The van der Waals surface area contributed by atoms with E-state index in [-0.39, 0.29) is 0 Å². The van der Waals surface area contributed by atoms with Gasteiger partial charge in [0.1, 0.15) is 0 Å². The van der Waals surface area contributed by atoms with Crippen molar-refractivity contribution in [1.29, 1.82) is 0 Å². The number of aryl methyl sites for hydroxylation is 1. The Morgan fingerprint density at radius 3 is 2.92 bits per heavy atom. The third-order valence-corrected chi connectivity index (χ3v) is 2.58. The quantitative estimate of drug-likeness (QED) is 0.725. The Bertz CT molecular complexity index is 250. The van der Waals surface area contributed by atoms with Crippen molar-refractivity contribution in [2.24, 2.45) is 5.73 Å². The molecule has 0 radical (unpaired) electrons. The molecule has 1 atom stereocenters. The molecule has 1 rings (SSSR count). The van der Waals surface area contributed by atoms with E-state index < -0.39 is 0 Å². The number of thioether (sulfide) groups is 1. The Kier molecular flexibility index (Phi) is 3.56. The first-order chi connectivity index (χ1) is 5.72. The van der Waals surface area contributed by atoms with Crippen molar-refractivity contribution in [3.05, 3.63) is 23.9 Å². The summed E-state index contributed by atoms with van der Waals surface area (Å²) in [6.45, 7) is 4.80. The minimum absolute atomic E-state index is 0.444. The minimum atomic E-state index is 0.444. The van der Waals surface area contributed by atoms with Gasteiger partial charge in [-0.05, 0) is 19.1 Å². The van der Waals surface area contributed by atoms with Crippen LogP contribution in [-0.4, -0.2) is 16.8 Å². The zero-order valence-electron chi connectivity index (χ0n) is 7.45. The van der Waals surface area contributed by atoms with E-state index in [0.29, 0.717) is 11.8 Å². The number of nitrogens with zero attached hydrogens (tertiary/aromatic N) is 1. The van der Waals surface area contributed by atoms with Gasteiger partial charge in [0.25, 0.3) is 0 Å². The molecular formula is C9H14N2S. The van der Waals surface area contributed by atoms with Crippen LogP contribution < -0.4 is 5.73 Å². The predicted octanol–water partition coefficient (Wildman–Crippen LogP) is 1.83. The summed E-state index contributed by atoms with van der Waals surface area (Å²) in [6.07, 6.45) is 0. The second-order valence-corrected chi connectivity index (χ2v) is 4.24. The summed E-state index contributed by atoms with van der Waals surface area (Å²) < 4.78 is 0. The molecule has 0 fully saturated rings. The van der Waals surface area contributed by atoms with E-state index in [1.807, 2.05) is 25.1 Å². The fraction of sp³-hybridized carbons (Fsp3) is 0.444. The average molecular weight is 182 g/mol. The first-order valence-electron chi connectivity index (χ1n) is 4.02. The van der Waals surface area contributed by atoms with Gasteiger partial charge in [-0.25, -0.2) is 4.98 Å². The van der Waals surface area contributed by atoms with Gasteiger partial charge >= 0.3 is 0 Å². The number of rotatable bonds is 3. The van der Waals surface area contributed by atoms with Crippen molar-refractivity contribution in [2.75, 3.05) is 6.54 Å². The number of nitrogens with two attached hydrogens (primary N) is 1. The van der Waals surface area contributed by atoms with Crippen LogP contribution in [0.1, 0.15) is 12.6 Å². The largest absolute Gasteiger partial charge is 0.329 e. The van der Waals surface area contributed by atoms with Gasteiger partial charge in [-0.15, -0.1) is 11.8 Å². The average Bonchev–Trinajstić information content (AvgIpc) is 2.04. The van der Waals surface area contributed by atoms with Gasteiger partial charge in [0, 0.05) is 17.5 Å². The van der Waals surface area contributed by atoms with Crippen LogP contribution in [0.3, 0.4) is 0 Å². The van der Waals surface area contributed by atoms with Gasteiger partial charge in [-0.2, -0.15) is 0 Å². The lowest BCUT2D eigenvalue weighted by Crippen LogP contribution is -2.12. The van der Waals surface area contributed by atoms with Crippen LogP contribution in [-0.2, 0) is 0 Å². The smallest absolute Gasteiger partial charge is 0.0966 e. The summed E-state index contributed by atoms with van der Waals surface area (Å²) in [5.41, 5.74) is 6.57. The maximum absolute atomic E-state index is 5.51. The van der Waals surface area contributed by atoms with Crippen LogP contribution in [0.2, 0.25) is 0 Å². The van der Waals surface area contributed by atoms with Crippen molar-refractivity contribution < 1.29 is 0 Å². The SMILES string of the molecule is Cc1cccc(SC(C)CN)n1. The maximum Gasteiger partial charge on any atom is 0.0966 e. The van der Waals surface area contributed by atoms with Crippen molar-refractivity contribution in [1.82, 2.24) is 4.98 Å². The zero-order valence-corrected chi connectivity index (χ0v) is 8.27. The van der Waals surface area contributed by atoms with Gasteiger partial charge in [0.2, 0.25) is 0 Å². The van der Waals surface area contributed by atoms with Crippen LogP contribution in [0.15, 0.2) is 23.2 Å². The van der Waals surface area contributed by atoms with E-state index in [4.69, 9.17) is 5.73 Å². The Morgan fingerprint density at radius 2 is 2.33 bits per heavy atom. The van der Waals surface area contributed by atoms with Gasteiger partial charge in [0.05, 0.1) is 5.03 Å². The molecule has 66 valence electrons. The zero-order chi connectivity index (χ0) is 8.97. The number of hydrogen-bond donors (Lipinski definition) is 1. The molecule has 0 saturated heterocycles. The molecule has 0 aliphatic heterocycles. The number of hydrogen-bond acceptors (Lipinski definition) is 3. The molecule has 0 bridgehead atoms. The van der Waals surface area contributed by atoms with Crippen LogP contribution >= 0.6 is 11.8 Å². The molecule has 0 saturated carbocycles. The highest BCUT2D eigenvalue weighted by molar-refractivity contribution is 7.99. The van der Waals surface area contributed by atoms with Gasteiger partial charge < -0.3 is 5.73 Å². The highest BCUT2D eigenvalue weighted by atomic mass is 32.2. The highest BCUT2D eigenvalue weighted by Crippen LogP contribution is 2.19. The van der Waals surface area contributed by atoms with E-state index >= 15 is 0 Å². The monoisotopic (exact) mass is 182 g/mol. The topological polar surface area (TPSA) is 38.9 Å². The lowest BCUT2D eigenvalue weighted by Gasteiger charge is -2.06. The lowest BCUT2D eigenvalue weighted by molar-refractivity contribution is 0.941. The summed E-state index contributed by atoms with van der Waals surface area (Å²) in [5, 5.41) is 1.51. The predicted molar refractivity (Wildman–Crippen MR) is 53.3 cm³/mol. The third kappa shape index (κ3) is 2.83. The van der Waals surface area contributed by atoms with Crippen molar-refractivity contribution in [3.63, 3.8) is 0 Å². The molecule has 1 aromatic heterocycles. The second-order valence-electron chi connectivity index (χ2n) is 2.78. The van der Waals surface area contributed by atoms with Crippen LogP contribution in [0.25, 0.3) is 0 Å². The Morgan fingerprint density at radius 1 is 1.58 bits per heavy atom. The molecule has 1 unspecified atom stereocenters. The summed E-state index contributed by atoms with van der Waals surface area (Å²) >= 11 is 1.72. The van der Waals surface area contributed by atoms with Gasteiger partial charge in [-0.1, -0.05) is 13.0 Å². The fourth-order valence-electron chi connectivity index (χ4n) is 0.838. The van der Waals surface area contributed by atoms with E-state index in [0.717, 1.165) is 10.7 Å². The van der Waals surface area contributed by atoms with Crippen molar-refractivity contribution >= 4 is 11.8 Å². The number of pyridine rings is 1. The molecule has 1 heterocycles. The fourth-order valence-corrected chi connectivity index (χ4v) is 1.70. The molecule has 1 aromatic rings. The molecule has 0 spiro atoms. The molecule has 12 heavy (non-hydrogen) atoms. The van der Waals surface area contributed by atoms with E-state index in [9.17, 15) is 0 Å². The standard InChI is InChI=1S/C9H14N2S/c1-7-4-3-5-9(11-7)12-8(2)6-10/h3-5,8H,6,10H2,1-2H3. The second kappa shape index (κ2) is 4.48. The van der Waals surface area contributed by atoms with Gasteiger partial charge in [-0.3, -0.25) is 0 Å². The van der Waals surface area contributed by atoms with Crippen molar-refractivity contribution in [3.8, 4) is 0 Å². The number of aromatic nitrogens is 1. The highest BCUT2D eigenvalue weighted by Gasteiger charge is 2.02. The molecular weight excluding hydrogens is 168 g/mol. The van der Waals surface area contributed by atoms with Crippen LogP contribution in [0.4, 0.5) is 0 Å². The third-order valence-electron chi connectivity index (χ3n) is 1.52. The molecule has 2 N–H and O–H groups in total. The molecule has 0 amide bonds. The van der Waals surface area contributed by atoms with Crippen LogP contribution in [0.5, 0.6) is 0 Å². The summed E-state index contributed by atoms with van der Waals surface area (Å²) in [5.74, 6) is 0. The van der Waals surface area contributed by atoms with E-state index in [1.54, 1.807) is 11.8 Å². The normalized spacial score (nSPS) is 12.9. The first kappa shape index (κ1) is 9.55. The minimum Gasteiger partial charge on any atom is -0.329 e. The molecule has 0 aromatic carbocycles. The van der Waals surface area contributed by atoms with Crippen LogP contribution in [0, 0.1) is 6.92 Å². The summed E-state index contributed by atoms with van der Waals surface area (Å²) in [4.78, 5) is 4.37. The lowest BCUT2D eigenvalue weighted by atomic mass is 10.4. The first-order valence-corrected chi connectivity index (χ1v) is 4.90. The Balaban J connectivity index is 2.63. The van der Waals surface area contributed by atoms with E-state index in [1.165, 1.54) is 0 Å². The molecule has 0 aliphatic rings. The maximum atomic E-state index is 5.51. The Hall–Kier alpha value is -0.540. The Labute approximate surface area is 77.6 Å². The molecule has 2 nitrogen and oxygen atoms in total. The summed E-state index contributed by atoms with van der Waals surface area (Å²) in [6, 6.07) is 6.04. The molecule has 3 heteroatoms.